The van der Waals surface area contributed by atoms with Crippen molar-refractivity contribution in [1.82, 2.24) is 19.5 Å². The molecule has 0 bridgehead atoms. The smallest absolute Gasteiger partial charge is 0.338 e. The number of carbonyl (C=O) groups is 1. The number of hydrogen-bond donors (Lipinski definition) is 0. The zero-order valence-electron chi connectivity index (χ0n) is 18.2. The largest absolute Gasteiger partial charge is 0.465 e. The third-order valence-electron chi connectivity index (χ3n) is 5.00. The second-order valence-corrected chi connectivity index (χ2v) is 8.06. The van der Waals surface area contributed by atoms with Gasteiger partial charge in [-0.25, -0.2) is 14.8 Å². The summed E-state index contributed by atoms with van der Waals surface area (Å²) in [6, 6.07) is 11.2. The minimum atomic E-state index is -0.589. The topological polar surface area (TPSA) is 100 Å². The van der Waals surface area contributed by atoms with E-state index in [1.165, 1.54) is 18.9 Å². The first kappa shape index (κ1) is 21.8. The van der Waals surface area contributed by atoms with Crippen LogP contribution in [0.25, 0.3) is 22.5 Å². The van der Waals surface area contributed by atoms with Crippen molar-refractivity contribution in [3.63, 3.8) is 0 Å². The van der Waals surface area contributed by atoms with Gasteiger partial charge in [0.15, 0.2) is 5.16 Å². The van der Waals surface area contributed by atoms with Crippen molar-refractivity contribution in [3.05, 3.63) is 69.5 Å². The van der Waals surface area contributed by atoms with Crippen LogP contribution in [0.15, 0.2) is 50.8 Å². The maximum absolute atomic E-state index is 12.9. The summed E-state index contributed by atoms with van der Waals surface area (Å²) in [6.07, 6.45) is 0. The fourth-order valence-electron chi connectivity index (χ4n) is 3.42. The summed E-state index contributed by atoms with van der Waals surface area (Å²) in [5.74, 6) is 1.15. The Morgan fingerprint density at radius 2 is 1.91 bits per heavy atom. The van der Waals surface area contributed by atoms with Crippen LogP contribution >= 0.6 is 11.8 Å². The molecule has 0 radical (unpaired) electrons. The fraction of sp³-hybridized carbons (Fsp3) is 0.261. The van der Waals surface area contributed by atoms with Gasteiger partial charge >= 0.3 is 5.97 Å². The van der Waals surface area contributed by atoms with Gasteiger partial charge in [-0.2, -0.15) is 4.98 Å². The van der Waals surface area contributed by atoms with Gasteiger partial charge < -0.3 is 13.7 Å². The van der Waals surface area contributed by atoms with Gasteiger partial charge in [0.2, 0.25) is 5.89 Å². The molecule has 0 aliphatic rings. The molecule has 0 spiro atoms. The van der Waals surface area contributed by atoms with Gasteiger partial charge in [0.25, 0.3) is 5.56 Å². The van der Waals surface area contributed by atoms with Crippen LogP contribution in [0.3, 0.4) is 0 Å². The molecule has 4 rings (SSSR count). The van der Waals surface area contributed by atoms with Crippen LogP contribution in [0.4, 0.5) is 0 Å². The summed E-state index contributed by atoms with van der Waals surface area (Å²) < 4.78 is 12.5. The van der Waals surface area contributed by atoms with E-state index in [4.69, 9.17) is 9.15 Å². The number of ether oxygens (including phenoxy) is 1. The number of benzene rings is 1. The van der Waals surface area contributed by atoms with Gasteiger partial charge in [0, 0.05) is 23.6 Å². The van der Waals surface area contributed by atoms with E-state index < -0.39 is 11.5 Å². The molecule has 0 saturated heterocycles. The van der Waals surface area contributed by atoms with Crippen LogP contribution in [-0.2, 0) is 17.0 Å². The van der Waals surface area contributed by atoms with Crippen LogP contribution in [0.2, 0.25) is 0 Å². The molecule has 0 N–H and O–H groups in total. The SMILES string of the molecule is CCn1c(SCc2nc(-c3ccccc3)oc2C)nc(=O)c2c(C(=O)OC)cc(C)nc21. The highest BCUT2D eigenvalue weighted by Gasteiger charge is 2.21. The molecule has 8 nitrogen and oxygen atoms in total. The summed E-state index contributed by atoms with van der Waals surface area (Å²) in [6.45, 7) is 6.10. The summed E-state index contributed by atoms with van der Waals surface area (Å²) in [4.78, 5) is 38.5. The van der Waals surface area contributed by atoms with Crippen LogP contribution < -0.4 is 5.56 Å². The average molecular weight is 451 g/mol. The van der Waals surface area contributed by atoms with E-state index in [-0.39, 0.29) is 10.9 Å². The van der Waals surface area contributed by atoms with Gasteiger partial charge in [-0.3, -0.25) is 4.79 Å². The fourth-order valence-corrected chi connectivity index (χ4v) is 4.47. The molecular formula is C23H22N4O4S. The van der Waals surface area contributed by atoms with E-state index in [0.717, 1.165) is 11.3 Å². The van der Waals surface area contributed by atoms with Crippen molar-refractivity contribution in [2.75, 3.05) is 7.11 Å². The molecule has 0 amide bonds. The number of thioether (sulfide) groups is 1. The molecule has 0 fully saturated rings. The first-order chi connectivity index (χ1) is 15.4. The number of nitrogens with zero attached hydrogens (tertiary/aromatic N) is 4. The summed E-state index contributed by atoms with van der Waals surface area (Å²) in [5.41, 5.74) is 2.36. The van der Waals surface area contributed by atoms with Crippen LogP contribution in [0.1, 0.15) is 34.4 Å². The number of hydrogen-bond acceptors (Lipinski definition) is 8. The van der Waals surface area contributed by atoms with Crippen molar-refractivity contribution < 1.29 is 13.9 Å². The van der Waals surface area contributed by atoms with Gasteiger partial charge in [-0.15, -0.1) is 0 Å². The summed E-state index contributed by atoms with van der Waals surface area (Å²) >= 11 is 1.38. The normalized spacial score (nSPS) is 11.1. The van der Waals surface area contributed by atoms with Crippen molar-refractivity contribution in [2.24, 2.45) is 0 Å². The van der Waals surface area contributed by atoms with Crippen LogP contribution in [-0.4, -0.2) is 32.6 Å². The Labute approximate surface area is 188 Å². The molecule has 32 heavy (non-hydrogen) atoms. The zero-order valence-corrected chi connectivity index (χ0v) is 19.0. The molecule has 0 unspecified atom stereocenters. The average Bonchev–Trinajstić information content (AvgIpc) is 3.17. The molecule has 164 valence electrons. The number of aryl methyl sites for hydroxylation is 3. The van der Waals surface area contributed by atoms with Crippen molar-refractivity contribution in [2.45, 2.75) is 38.2 Å². The maximum atomic E-state index is 12.9. The van der Waals surface area contributed by atoms with Crippen LogP contribution in [0.5, 0.6) is 0 Å². The number of methoxy groups -OCH3 is 1. The van der Waals surface area contributed by atoms with Gasteiger partial charge in [-0.1, -0.05) is 30.0 Å². The Hall–Kier alpha value is -3.46. The molecule has 0 aliphatic carbocycles. The third-order valence-corrected chi connectivity index (χ3v) is 5.99. The highest BCUT2D eigenvalue weighted by molar-refractivity contribution is 7.98. The Kier molecular flexibility index (Phi) is 6.09. The molecule has 0 aliphatic heterocycles. The van der Waals surface area contributed by atoms with Crippen molar-refractivity contribution in [1.29, 1.82) is 0 Å². The molecule has 3 heterocycles. The predicted octanol–water partition coefficient (Wildman–Crippen LogP) is 4.16. The second-order valence-electron chi connectivity index (χ2n) is 7.12. The maximum Gasteiger partial charge on any atom is 0.338 e. The lowest BCUT2D eigenvalue weighted by molar-refractivity contribution is 0.0602. The molecule has 4 aromatic rings. The Bertz CT molecular complexity index is 1360. The number of pyridine rings is 1. The van der Waals surface area contributed by atoms with E-state index in [9.17, 15) is 9.59 Å². The lowest BCUT2D eigenvalue weighted by Crippen LogP contribution is -2.20. The number of carbonyl (C=O) groups excluding carboxylic acids is 1. The number of rotatable bonds is 6. The van der Waals surface area contributed by atoms with Gasteiger partial charge in [0.05, 0.1) is 23.8 Å². The van der Waals surface area contributed by atoms with Gasteiger partial charge in [0.1, 0.15) is 11.4 Å². The number of fused-ring (bicyclic) bond motifs is 1. The van der Waals surface area contributed by atoms with E-state index in [1.54, 1.807) is 13.0 Å². The number of oxazole rings is 1. The lowest BCUT2D eigenvalue weighted by atomic mass is 10.1. The quantitative estimate of drug-likeness (QED) is 0.245. The van der Waals surface area contributed by atoms with Crippen molar-refractivity contribution in [3.8, 4) is 11.5 Å². The molecule has 9 heteroatoms. The first-order valence-corrected chi connectivity index (χ1v) is 11.1. The Morgan fingerprint density at radius 1 is 1.16 bits per heavy atom. The molecule has 0 saturated carbocycles. The molecule has 0 atom stereocenters. The number of aromatic nitrogens is 4. The zero-order chi connectivity index (χ0) is 22.8. The summed E-state index contributed by atoms with van der Waals surface area (Å²) in [5, 5.41) is 0.667. The molecular weight excluding hydrogens is 428 g/mol. The molecule has 3 aromatic heterocycles. The highest BCUT2D eigenvalue weighted by Crippen LogP contribution is 2.28. The number of esters is 1. The van der Waals surface area contributed by atoms with E-state index >= 15 is 0 Å². The standard InChI is InChI=1S/C23H22N4O4S/c1-5-27-19-18(16(22(29)30-4)11-13(2)24-19)20(28)26-23(27)32-12-17-14(3)31-21(25-17)15-9-7-6-8-10-15/h6-11H,5,12H2,1-4H3. The van der Waals surface area contributed by atoms with E-state index in [2.05, 4.69) is 15.0 Å². The lowest BCUT2D eigenvalue weighted by Gasteiger charge is -2.14. The predicted molar refractivity (Wildman–Crippen MR) is 122 cm³/mol. The Morgan fingerprint density at radius 3 is 2.59 bits per heavy atom. The third kappa shape index (κ3) is 4.03. The highest BCUT2D eigenvalue weighted by atomic mass is 32.2. The monoisotopic (exact) mass is 450 g/mol. The molecule has 1 aromatic carbocycles. The van der Waals surface area contributed by atoms with Gasteiger partial charge in [-0.05, 0) is 39.0 Å². The minimum Gasteiger partial charge on any atom is -0.465 e. The summed E-state index contributed by atoms with van der Waals surface area (Å²) in [7, 11) is 1.28. The van der Waals surface area contributed by atoms with E-state index in [0.29, 0.717) is 40.4 Å². The minimum absolute atomic E-state index is 0.164. The first-order valence-electron chi connectivity index (χ1n) is 10.1. The Balaban J connectivity index is 1.72. The van der Waals surface area contributed by atoms with E-state index in [1.807, 2.05) is 48.7 Å². The van der Waals surface area contributed by atoms with Crippen LogP contribution in [0, 0.1) is 13.8 Å². The second kappa shape index (κ2) is 8.96. The van der Waals surface area contributed by atoms with Crippen molar-refractivity contribution >= 4 is 28.8 Å².